The lowest BCUT2D eigenvalue weighted by atomic mass is 9.99. The Kier molecular flexibility index (Phi) is 6.34. The highest BCUT2D eigenvalue weighted by atomic mass is 16.2. The number of rotatable bonds is 8. The summed E-state index contributed by atoms with van der Waals surface area (Å²) in [5.41, 5.74) is 0. The lowest BCUT2D eigenvalue weighted by Gasteiger charge is -2.25. The van der Waals surface area contributed by atoms with Crippen molar-refractivity contribution in [3.63, 3.8) is 0 Å². The van der Waals surface area contributed by atoms with Gasteiger partial charge in [0, 0.05) is 33.6 Å². The number of fused-ring (bicyclic) bond motifs is 1. The summed E-state index contributed by atoms with van der Waals surface area (Å²) < 4.78 is 1.83. The fraction of sp³-hybridized carbons (Fsp3) is 0.765. The summed E-state index contributed by atoms with van der Waals surface area (Å²) >= 11 is 0. The van der Waals surface area contributed by atoms with Crippen LogP contribution in [0.25, 0.3) is 0 Å². The topological polar surface area (TPSA) is 71.3 Å². The smallest absolute Gasteiger partial charge is 0.291 e. The molecule has 2 amide bonds. The Morgan fingerprint density at radius 2 is 2.04 bits per heavy atom. The van der Waals surface area contributed by atoms with Gasteiger partial charge >= 0.3 is 0 Å². The van der Waals surface area contributed by atoms with Gasteiger partial charge in [-0.15, -0.1) is 10.2 Å². The van der Waals surface area contributed by atoms with Crippen molar-refractivity contribution in [3.8, 4) is 0 Å². The van der Waals surface area contributed by atoms with E-state index in [0.717, 1.165) is 6.42 Å². The van der Waals surface area contributed by atoms with Crippen LogP contribution in [0.3, 0.4) is 0 Å². The second-order valence-corrected chi connectivity index (χ2v) is 6.87. The molecule has 0 N–H and O–H groups in total. The second-order valence-electron chi connectivity index (χ2n) is 6.87. The van der Waals surface area contributed by atoms with Crippen LogP contribution in [-0.4, -0.2) is 57.0 Å². The van der Waals surface area contributed by atoms with E-state index in [9.17, 15) is 9.59 Å². The van der Waals surface area contributed by atoms with Gasteiger partial charge in [0.25, 0.3) is 5.91 Å². The summed E-state index contributed by atoms with van der Waals surface area (Å²) in [4.78, 5) is 27.8. The Morgan fingerprint density at radius 3 is 2.75 bits per heavy atom. The molecule has 0 fully saturated rings. The van der Waals surface area contributed by atoms with Gasteiger partial charge in [0.2, 0.25) is 11.7 Å². The number of likely N-dealkylation sites (N-methyl/N-ethyl adjacent to an activating group) is 1. The molecule has 2 rings (SSSR count). The predicted octanol–water partition coefficient (Wildman–Crippen LogP) is 1.93. The first kappa shape index (κ1) is 18.4. The standard InChI is InChI=1S/C17H29N5O2/c1-5-6-7-8-13(2)11-15(23)21(4)12-14-18-19-16-17(24)20(3)9-10-22(14)16/h13H,5-12H2,1-4H3/t13-/m0/s1. The highest BCUT2D eigenvalue weighted by molar-refractivity contribution is 5.91. The maximum absolute atomic E-state index is 12.4. The lowest BCUT2D eigenvalue weighted by molar-refractivity contribution is -0.131. The molecule has 1 aliphatic heterocycles. The third-order valence-corrected chi connectivity index (χ3v) is 4.65. The molecule has 2 heterocycles. The first-order chi connectivity index (χ1) is 11.4. The molecule has 0 aromatic carbocycles. The Labute approximate surface area is 144 Å². The molecule has 134 valence electrons. The first-order valence-corrected chi connectivity index (χ1v) is 8.85. The Balaban J connectivity index is 1.91. The number of carbonyl (C=O) groups excluding carboxylic acids is 2. The minimum Gasteiger partial charge on any atom is -0.338 e. The van der Waals surface area contributed by atoms with Crippen molar-refractivity contribution in [2.75, 3.05) is 20.6 Å². The highest BCUT2D eigenvalue weighted by Gasteiger charge is 2.27. The minimum atomic E-state index is -0.112. The number of unbranched alkanes of at least 4 members (excludes halogenated alkanes) is 2. The van der Waals surface area contributed by atoms with Gasteiger partial charge in [0.05, 0.1) is 6.54 Å². The molecule has 0 spiro atoms. The molecule has 0 unspecified atom stereocenters. The van der Waals surface area contributed by atoms with Crippen molar-refractivity contribution >= 4 is 11.8 Å². The molecule has 0 radical (unpaired) electrons. The number of hydrogen-bond donors (Lipinski definition) is 0. The van der Waals surface area contributed by atoms with Crippen LogP contribution in [0.5, 0.6) is 0 Å². The van der Waals surface area contributed by atoms with Crippen molar-refractivity contribution in [3.05, 3.63) is 11.6 Å². The van der Waals surface area contributed by atoms with E-state index in [2.05, 4.69) is 24.0 Å². The number of hydrogen-bond acceptors (Lipinski definition) is 4. The van der Waals surface area contributed by atoms with E-state index in [4.69, 9.17) is 0 Å². The Morgan fingerprint density at radius 1 is 1.29 bits per heavy atom. The molecule has 7 nitrogen and oxygen atoms in total. The molecule has 1 aliphatic rings. The summed E-state index contributed by atoms with van der Waals surface area (Å²) in [7, 11) is 3.55. The van der Waals surface area contributed by atoms with Crippen molar-refractivity contribution in [1.29, 1.82) is 0 Å². The fourth-order valence-electron chi connectivity index (χ4n) is 2.97. The van der Waals surface area contributed by atoms with Crippen LogP contribution in [0.2, 0.25) is 0 Å². The summed E-state index contributed by atoms with van der Waals surface area (Å²) in [6.07, 6.45) is 5.26. The monoisotopic (exact) mass is 335 g/mol. The maximum Gasteiger partial charge on any atom is 0.291 e. The highest BCUT2D eigenvalue weighted by Crippen LogP contribution is 2.16. The fourth-order valence-corrected chi connectivity index (χ4v) is 2.97. The number of aromatic nitrogens is 3. The zero-order valence-corrected chi connectivity index (χ0v) is 15.3. The zero-order valence-electron chi connectivity index (χ0n) is 15.3. The first-order valence-electron chi connectivity index (χ1n) is 8.85. The maximum atomic E-state index is 12.4. The summed E-state index contributed by atoms with van der Waals surface area (Å²) in [6, 6.07) is 0. The molecule has 1 atom stereocenters. The van der Waals surface area contributed by atoms with Gasteiger partial charge in [-0.3, -0.25) is 9.59 Å². The van der Waals surface area contributed by atoms with Gasteiger partial charge in [-0.25, -0.2) is 0 Å². The van der Waals surface area contributed by atoms with Gasteiger partial charge in [-0.1, -0.05) is 39.5 Å². The van der Waals surface area contributed by atoms with Crippen LogP contribution in [0, 0.1) is 5.92 Å². The van der Waals surface area contributed by atoms with Crippen molar-refractivity contribution < 1.29 is 9.59 Å². The molecule has 0 saturated heterocycles. The van der Waals surface area contributed by atoms with Crippen LogP contribution in [0.4, 0.5) is 0 Å². The normalized spacial score (nSPS) is 15.3. The molecular weight excluding hydrogens is 306 g/mol. The van der Waals surface area contributed by atoms with Gasteiger partial charge in [0.15, 0.2) is 5.82 Å². The van der Waals surface area contributed by atoms with Crippen LogP contribution < -0.4 is 0 Å². The average molecular weight is 335 g/mol. The van der Waals surface area contributed by atoms with E-state index in [0.29, 0.717) is 43.6 Å². The summed E-state index contributed by atoms with van der Waals surface area (Å²) in [5, 5.41) is 8.11. The molecule has 1 aromatic rings. The number of amides is 2. The molecule has 24 heavy (non-hydrogen) atoms. The molecule has 0 bridgehead atoms. The van der Waals surface area contributed by atoms with Crippen LogP contribution in [-0.2, 0) is 17.9 Å². The van der Waals surface area contributed by atoms with E-state index < -0.39 is 0 Å². The molecule has 0 aliphatic carbocycles. The third-order valence-electron chi connectivity index (χ3n) is 4.65. The van der Waals surface area contributed by atoms with Crippen molar-refractivity contribution in [2.24, 2.45) is 5.92 Å². The average Bonchev–Trinajstić information content (AvgIpc) is 2.94. The van der Waals surface area contributed by atoms with Crippen LogP contribution >= 0.6 is 0 Å². The largest absolute Gasteiger partial charge is 0.338 e. The SMILES string of the molecule is CCCCC[C@H](C)CC(=O)N(C)Cc1nnc2n1CCN(C)C2=O. The minimum absolute atomic E-state index is 0.112. The van der Waals surface area contributed by atoms with Gasteiger partial charge in [-0.2, -0.15) is 0 Å². The van der Waals surface area contributed by atoms with E-state index in [1.165, 1.54) is 19.3 Å². The second kappa shape index (κ2) is 8.26. The van der Waals surface area contributed by atoms with Gasteiger partial charge in [0.1, 0.15) is 0 Å². The zero-order chi connectivity index (χ0) is 17.7. The predicted molar refractivity (Wildman–Crippen MR) is 91.4 cm³/mol. The van der Waals surface area contributed by atoms with E-state index in [1.54, 1.807) is 23.9 Å². The number of carbonyl (C=O) groups is 2. The summed E-state index contributed by atoms with van der Waals surface area (Å²) in [5.74, 6) is 1.46. The van der Waals surface area contributed by atoms with E-state index in [-0.39, 0.29) is 11.8 Å². The van der Waals surface area contributed by atoms with Gasteiger partial charge < -0.3 is 14.4 Å². The Hall–Kier alpha value is -1.92. The molecular formula is C17H29N5O2. The molecule has 1 aromatic heterocycles. The number of nitrogens with zero attached hydrogens (tertiary/aromatic N) is 5. The van der Waals surface area contributed by atoms with Gasteiger partial charge in [-0.05, 0) is 5.92 Å². The van der Waals surface area contributed by atoms with Crippen LogP contribution in [0.1, 0.15) is 62.4 Å². The Bertz CT molecular complexity index is 584. The van der Waals surface area contributed by atoms with E-state index in [1.807, 2.05) is 4.57 Å². The third kappa shape index (κ3) is 4.33. The molecule has 7 heteroatoms. The summed E-state index contributed by atoms with van der Waals surface area (Å²) in [6.45, 7) is 6.03. The van der Waals surface area contributed by atoms with Crippen molar-refractivity contribution in [2.45, 2.75) is 59.0 Å². The van der Waals surface area contributed by atoms with Crippen LogP contribution in [0.15, 0.2) is 0 Å². The quantitative estimate of drug-likeness (QED) is 0.681. The lowest BCUT2D eigenvalue weighted by Crippen LogP contribution is -2.38. The van der Waals surface area contributed by atoms with E-state index >= 15 is 0 Å². The molecule has 0 saturated carbocycles. The van der Waals surface area contributed by atoms with Crippen molar-refractivity contribution in [1.82, 2.24) is 24.6 Å².